The molecule has 3 rings (SSSR count). The lowest BCUT2D eigenvalue weighted by molar-refractivity contribution is 0.0730. The van der Waals surface area contributed by atoms with Crippen molar-refractivity contribution in [2.24, 2.45) is 0 Å². The number of nitrogens with one attached hydrogen (secondary N) is 1. The first-order chi connectivity index (χ1) is 11.5. The van der Waals surface area contributed by atoms with Gasteiger partial charge in [-0.25, -0.2) is 0 Å². The quantitative estimate of drug-likeness (QED) is 0.926. The van der Waals surface area contributed by atoms with Gasteiger partial charge < -0.3 is 9.88 Å². The summed E-state index contributed by atoms with van der Waals surface area (Å²) in [5.41, 5.74) is 2.31. The Hall–Kier alpha value is -2.14. The molecule has 1 aliphatic rings. The van der Waals surface area contributed by atoms with Crippen molar-refractivity contribution in [1.82, 2.24) is 14.9 Å². The first-order valence-corrected chi connectivity index (χ1v) is 8.53. The van der Waals surface area contributed by atoms with Crippen molar-refractivity contribution in [2.75, 3.05) is 6.54 Å². The highest BCUT2D eigenvalue weighted by molar-refractivity contribution is 6.30. The van der Waals surface area contributed by atoms with Crippen LogP contribution in [0.25, 0.3) is 0 Å². The molecule has 3 heterocycles. The van der Waals surface area contributed by atoms with Gasteiger partial charge in [-0.2, -0.15) is 0 Å². The summed E-state index contributed by atoms with van der Waals surface area (Å²) in [6, 6.07) is 5.78. The van der Waals surface area contributed by atoms with Crippen LogP contribution < -0.4 is 5.56 Å². The minimum absolute atomic E-state index is 0.0452. The van der Waals surface area contributed by atoms with Gasteiger partial charge in [0.05, 0.1) is 5.56 Å². The summed E-state index contributed by atoms with van der Waals surface area (Å²) in [5, 5.41) is 0.0452. The van der Waals surface area contributed by atoms with Gasteiger partial charge in [-0.05, 0) is 56.4 Å². The molecule has 24 heavy (non-hydrogen) atoms. The molecule has 1 N–H and O–H groups in total. The topological polar surface area (TPSA) is 66.1 Å². The number of hydrogen-bond acceptors (Lipinski definition) is 3. The van der Waals surface area contributed by atoms with Crippen molar-refractivity contribution < 1.29 is 4.79 Å². The standard InChI is InChI=1S/C18H20ClN3O2/c1-12-9-13(6-7-20-12)4-5-15-3-2-8-22(15)18(24)14-10-16(19)17(23)21-11-14/h6-7,9-11,15H,2-5,8H2,1H3,(H,21,23). The number of aryl methyl sites for hydroxylation is 2. The number of aromatic amines is 1. The van der Waals surface area contributed by atoms with E-state index in [0.717, 1.165) is 37.9 Å². The van der Waals surface area contributed by atoms with E-state index in [9.17, 15) is 9.59 Å². The molecule has 1 saturated heterocycles. The van der Waals surface area contributed by atoms with Crippen LogP contribution in [0.3, 0.4) is 0 Å². The number of aromatic nitrogens is 2. The largest absolute Gasteiger partial charge is 0.336 e. The van der Waals surface area contributed by atoms with Crippen LogP contribution in [0.2, 0.25) is 5.02 Å². The third-order valence-corrected chi connectivity index (χ3v) is 4.75. The summed E-state index contributed by atoms with van der Waals surface area (Å²) >= 11 is 5.84. The van der Waals surface area contributed by atoms with Crippen LogP contribution in [0.15, 0.2) is 35.4 Å². The Balaban J connectivity index is 1.69. The molecule has 6 heteroatoms. The SMILES string of the molecule is Cc1cc(CCC2CCCN2C(=O)c2c[nH]c(=O)c(Cl)c2)ccn1. The van der Waals surface area contributed by atoms with Crippen LogP contribution in [0.4, 0.5) is 0 Å². The second-order valence-electron chi connectivity index (χ2n) is 6.20. The van der Waals surface area contributed by atoms with Crippen molar-refractivity contribution in [2.45, 2.75) is 38.6 Å². The van der Waals surface area contributed by atoms with Gasteiger partial charge >= 0.3 is 0 Å². The normalized spacial score (nSPS) is 17.2. The van der Waals surface area contributed by atoms with E-state index in [1.807, 2.05) is 24.1 Å². The molecule has 2 aromatic rings. The molecule has 0 spiro atoms. The van der Waals surface area contributed by atoms with Crippen molar-refractivity contribution >= 4 is 17.5 Å². The molecule has 1 amide bonds. The van der Waals surface area contributed by atoms with Gasteiger partial charge in [0.1, 0.15) is 5.02 Å². The molecule has 1 aliphatic heterocycles. The summed E-state index contributed by atoms with van der Waals surface area (Å²) in [5.74, 6) is -0.0680. The maximum Gasteiger partial charge on any atom is 0.266 e. The molecule has 1 atom stereocenters. The Morgan fingerprint density at radius 1 is 1.46 bits per heavy atom. The van der Waals surface area contributed by atoms with E-state index in [1.165, 1.54) is 17.8 Å². The smallest absolute Gasteiger partial charge is 0.266 e. The average molecular weight is 346 g/mol. The molecule has 126 valence electrons. The van der Waals surface area contributed by atoms with E-state index < -0.39 is 0 Å². The number of halogens is 1. The Kier molecular flexibility index (Phi) is 5.00. The maximum atomic E-state index is 12.7. The van der Waals surface area contributed by atoms with Crippen molar-refractivity contribution in [3.63, 3.8) is 0 Å². The fourth-order valence-electron chi connectivity index (χ4n) is 3.24. The summed E-state index contributed by atoms with van der Waals surface area (Å²) < 4.78 is 0. The summed E-state index contributed by atoms with van der Waals surface area (Å²) in [6.45, 7) is 2.73. The molecule has 0 radical (unpaired) electrons. The van der Waals surface area contributed by atoms with Gasteiger partial charge in [0.25, 0.3) is 11.5 Å². The number of hydrogen-bond donors (Lipinski definition) is 1. The molecule has 2 aromatic heterocycles. The van der Waals surface area contributed by atoms with Crippen LogP contribution in [-0.2, 0) is 6.42 Å². The van der Waals surface area contributed by atoms with Gasteiger partial charge in [-0.1, -0.05) is 11.6 Å². The first-order valence-electron chi connectivity index (χ1n) is 8.15. The Bertz CT molecular complexity index is 803. The molecule has 0 bridgehead atoms. The lowest BCUT2D eigenvalue weighted by Gasteiger charge is -2.25. The van der Waals surface area contributed by atoms with Crippen LogP contribution in [0.5, 0.6) is 0 Å². The van der Waals surface area contributed by atoms with Gasteiger partial charge in [0.15, 0.2) is 0 Å². The highest BCUT2D eigenvalue weighted by Gasteiger charge is 2.29. The molecular weight excluding hydrogens is 326 g/mol. The minimum Gasteiger partial charge on any atom is -0.336 e. The van der Waals surface area contributed by atoms with Crippen LogP contribution in [0, 0.1) is 6.92 Å². The number of carbonyl (C=O) groups excluding carboxylic acids is 1. The fourth-order valence-corrected chi connectivity index (χ4v) is 3.41. The Morgan fingerprint density at radius 2 is 2.29 bits per heavy atom. The number of pyridine rings is 2. The molecule has 0 saturated carbocycles. The van der Waals surface area contributed by atoms with E-state index in [-0.39, 0.29) is 22.5 Å². The molecule has 1 fully saturated rings. The second kappa shape index (κ2) is 7.18. The van der Waals surface area contributed by atoms with E-state index in [0.29, 0.717) is 5.56 Å². The predicted octanol–water partition coefficient (Wildman–Crippen LogP) is 2.97. The van der Waals surface area contributed by atoms with Crippen molar-refractivity contribution in [3.8, 4) is 0 Å². The molecule has 0 aromatic carbocycles. The lowest BCUT2D eigenvalue weighted by atomic mass is 10.0. The number of carbonyl (C=O) groups is 1. The zero-order valence-corrected chi connectivity index (χ0v) is 14.3. The molecular formula is C18H20ClN3O2. The number of rotatable bonds is 4. The molecule has 0 aliphatic carbocycles. The number of likely N-dealkylation sites (tertiary alicyclic amines) is 1. The van der Waals surface area contributed by atoms with Crippen molar-refractivity contribution in [3.05, 3.63) is 62.8 Å². The molecule has 5 nitrogen and oxygen atoms in total. The average Bonchev–Trinajstić information content (AvgIpc) is 3.03. The summed E-state index contributed by atoms with van der Waals surface area (Å²) in [4.78, 5) is 32.7. The number of amides is 1. The summed E-state index contributed by atoms with van der Waals surface area (Å²) in [6.07, 6.45) is 7.12. The Labute approximate surface area is 145 Å². The van der Waals surface area contributed by atoms with Gasteiger partial charge in [-0.3, -0.25) is 14.6 Å². The van der Waals surface area contributed by atoms with E-state index in [4.69, 9.17) is 11.6 Å². The van der Waals surface area contributed by atoms with Gasteiger partial charge in [0, 0.05) is 30.7 Å². The minimum atomic E-state index is -0.376. The van der Waals surface area contributed by atoms with E-state index >= 15 is 0 Å². The summed E-state index contributed by atoms with van der Waals surface area (Å²) in [7, 11) is 0. The van der Waals surface area contributed by atoms with E-state index in [1.54, 1.807) is 0 Å². The zero-order valence-electron chi connectivity index (χ0n) is 13.6. The van der Waals surface area contributed by atoms with Crippen LogP contribution in [-0.4, -0.2) is 33.4 Å². The Morgan fingerprint density at radius 3 is 3.04 bits per heavy atom. The highest BCUT2D eigenvalue weighted by atomic mass is 35.5. The monoisotopic (exact) mass is 345 g/mol. The molecule has 1 unspecified atom stereocenters. The predicted molar refractivity (Wildman–Crippen MR) is 93.4 cm³/mol. The lowest BCUT2D eigenvalue weighted by Crippen LogP contribution is -2.36. The fraction of sp³-hybridized carbons (Fsp3) is 0.389. The van der Waals surface area contributed by atoms with Crippen LogP contribution >= 0.6 is 11.6 Å². The maximum absolute atomic E-state index is 12.7. The van der Waals surface area contributed by atoms with Gasteiger partial charge in [-0.15, -0.1) is 0 Å². The van der Waals surface area contributed by atoms with Crippen LogP contribution in [0.1, 0.15) is 40.9 Å². The third-order valence-electron chi connectivity index (χ3n) is 4.47. The number of H-pyrrole nitrogens is 1. The van der Waals surface area contributed by atoms with Gasteiger partial charge in [0.2, 0.25) is 0 Å². The number of nitrogens with zero attached hydrogens (tertiary/aromatic N) is 2. The zero-order chi connectivity index (χ0) is 17.1. The highest BCUT2D eigenvalue weighted by Crippen LogP contribution is 2.24. The second-order valence-corrected chi connectivity index (χ2v) is 6.61. The third kappa shape index (κ3) is 3.67. The first kappa shape index (κ1) is 16.7. The van der Waals surface area contributed by atoms with E-state index in [2.05, 4.69) is 16.0 Å². The van der Waals surface area contributed by atoms with Crippen molar-refractivity contribution in [1.29, 1.82) is 0 Å².